The van der Waals surface area contributed by atoms with Gasteiger partial charge in [-0.05, 0) is 30.2 Å². The van der Waals surface area contributed by atoms with E-state index in [2.05, 4.69) is 24.3 Å². The molecular formula is C8H10S2. The van der Waals surface area contributed by atoms with Crippen LogP contribution < -0.4 is 0 Å². The minimum Gasteiger partial charge on any atom is -0.137 e. The van der Waals surface area contributed by atoms with E-state index in [0.717, 1.165) is 5.57 Å². The van der Waals surface area contributed by atoms with Crippen LogP contribution in [0.25, 0.3) is 5.57 Å². The molecule has 0 radical (unpaired) electrons. The number of allylic oxidation sites excluding steroid dienone is 1. The SMILES string of the molecule is C=C(C)c1ccsc1SC. The van der Waals surface area contributed by atoms with E-state index in [0.29, 0.717) is 0 Å². The van der Waals surface area contributed by atoms with Gasteiger partial charge in [-0.15, -0.1) is 23.1 Å². The molecule has 0 amide bonds. The molecule has 0 aromatic carbocycles. The molecule has 2 heteroatoms. The standard InChI is InChI=1S/C8H10S2/c1-6(2)7-4-5-10-8(7)9-3/h4-5H,1H2,2-3H3. The summed E-state index contributed by atoms with van der Waals surface area (Å²) in [6.45, 7) is 5.94. The largest absolute Gasteiger partial charge is 0.137 e. The van der Waals surface area contributed by atoms with Crippen molar-refractivity contribution in [3.8, 4) is 0 Å². The van der Waals surface area contributed by atoms with Gasteiger partial charge < -0.3 is 0 Å². The Morgan fingerprint density at radius 1 is 1.70 bits per heavy atom. The number of hydrogen-bond donors (Lipinski definition) is 0. The van der Waals surface area contributed by atoms with Crippen LogP contribution in [-0.4, -0.2) is 6.26 Å². The van der Waals surface area contributed by atoms with Crippen molar-refractivity contribution in [1.29, 1.82) is 0 Å². The third kappa shape index (κ3) is 1.44. The van der Waals surface area contributed by atoms with E-state index in [4.69, 9.17) is 0 Å². The second kappa shape index (κ2) is 3.26. The molecule has 0 saturated carbocycles. The van der Waals surface area contributed by atoms with Crippen LogP contribution in [0.2, 0.25) is 0 Å². The molecule has 1 heterocycles. The van der Waals surface area contributed by atoms with Gasteiger partial charge in [-0.25, -0.2) is 0 Å². The molecule has 0 aliphatic rings. The van der Waals surface area contributed by atoms with Crippen molar-refractivity contribution < 1.29 is 0 Å². The zero-order valence-corrected chi connectivity index (χ0v) is 7.81. The van der Waals surface area contributed by atoms with E-state index in [9.17, 15) is 0 Å². The summed E-state index contributed by atoms with van der Waals surface area (Å²) in [7, 11) is 0. The Morgan fingerprint density at radius 3 is 2.80 bits per heavy atom. The summed E-state index contributed by atoms with van der Waals surface area (Å²) in [5.74, 6) is 0. The van der Waals surface area contributed by atoms with Crippen LogP contribution in [0, 0.1) is 0 Å². The van der Waals surface area contributed by atoms with Crippen molar-refractivity contribution in [2.45, 2.75) is 11.1 Å². The minimum absolute atomic E-state index is 1.16. The molecule has 0 bridgehead atoms. The molecule has 1 aromatic rings. The van der Waals surface area contributed by atoms with E-state index < -0.39 is 0 Å². The molecule has 0 unspecified atom stereocenters. The van der Waals surface area contributed by atoms with Gasteiger partial charge in [0.15, 0.2) is 0 Å². The summed E-state index contributed by atoms with van der Waals surface area (Å²) in [4.78, 5) is 0. The van der Waals surface area contributed by atoms with Gasteiger partial charge in [0, 0.05) is 5.56 Å². The molecule has 0 N–H and O–H groups in total. The normalized spacial score (nSPS) is 9.80. The Hall–Kier alpha value is -0.210. The zero-order chi connectivity index (χ0) is 7.56. The van der Waals surface area contributed by atoms with Gasteiger partial charge in [-0.2, -0.15) is 0 Å². The van der Waals surface area contributed by atoms with Gasteiger partial charge in [0.1, 0.15) is 0 Å². The van der Waals surface area contributed by atoms with Gasteiger partial charge in [0.25, 0.3) is 0 Å². The molecule has 0 atom stereocenters. The number of hydrogen-bond acceptors (Lipinski definition) is 2. The zero-order valence-electron chi connectivity index (χ0n) is 6.18. The second-order valence-electron chi connectivity index (χ2n) is 2.11. The molecule has 0 spiro atoms. The van der Waals surface area contributed by atoms with Crippen LogP contribution in [0.4, 0.5) is 0 Å². The van der Waals surface area contributed by atoms with Crippen LogP contribution in [0.3, 0.4) is 0 Å². The summed E-state index contributed by atoms with van der Waals surface area (Å²) in [6.07, 6.45) is 2.10. The van der Waals surface area contributed by atoms with Crippen molar-refractivity contribution in [2.75, 3.05) is 6.26 Å². The lowest BCUT2D eigenvalue weighted by Gasteiger charge is -1.96. The van der Waals surface area contributed by atoms with Gasteiger partial charge in [0.2, 0.25) is 0 Å². The fourth-order valence-electron chi connectivity index (χ4n) is 0.770. The number of rotatable bonds is 2. The highest BCUT2D eigenvalue weighted by Crippen LogP contribution is 2.30. The average molecular weight is 170 g/mol. The van der Waals surface area contributed by atoms with Gasteiger partial charge in [-0.3, -0.25) is 0 Å². The highest BCUT2D eigenvalue weighted by Gasteiger charge is 2.01. The molecule has 0 fully saturated rings. The predicted octanol–water partition coefficient (Wildman–Crippen LogP) is 3.50. The molecule has 1 rings (SSSR count). The summed E-state index contributed by atoms with van der Waals surface area (Å²) < 4.78 is 1.37. The van der Waals surface area contributed by atoms with Crippen LogP contribution in [0.15, 0.2) is 22.2 Å². The van der Waals surface area contributed by atoms with Crippen molar-refractivity contribution in [3.63, 3.8) is 0 Å². The summed E-state index contributed by atoms with van der Waals surface area (Å²) in [6, 6.07) is 2.12. The van der Waals surface area contributed by atoms with Crippen molar-refractivity contribution in [3.05, 3.63) is 23.6 Å². The molecule has 0 saturated heterocycles. The maximum atomic E-state index is 3.90. The summed E-state index contributed by atoms with van der Waals surface area (Å²) >= 11 is 3.57. The van der Waals surface area contributed by atoms with Gasteiger partial charge in [0.05, 0.1) is 4.21 Å². The number of thiophene rings is 1. The predicted molar refractivity (Wildman–Crippen MR) is 50.8 cm³/mol. The van der Waals surface area contributed by atoms with Crippen LogP contribution in [0.1, 0.15) is 12.5 Å². The fourth-order valence-corrected chi connectivity index (χ4v) is 2.48. The van der Waals surface area contributed by atoms with Crippen LogP contribution in [0.5, 0.6) is 0 Å². The minimum atomic E-state index is 1.16. The topological polar surface area (TPSA) is 0 Å². The first-order valence-electron chi connectivity index (χ1n) is 3.03. The molecule has 0 aliphatic heterocycles. The maximum absolute atomic E-state index is 3.90. The van der Waals surface area contributed by atoms with Crippen molar-refractivity contribution in [2.24, 2.45) is 0 Å². The van der Waals surface area contributed by atoms with Gasteiger partial charge in [-0.1, -0.05) is 6.58 Å². The third-order valence-corrected chi connectivity index (χ3v) is 3.36. The van der Waals surface area contributed by atoms with E-state index in [1.165, 1.54) is 9.77 Å². The first kappa shape index (κ1) is 7.89. The van der Waals surface area contributed by atoms with Crippen molar-refractivity contribution >= 4 is 28.7 Å². The van der Waals surface area contributed by atoms with E-state index in [-0.39, 0.29) is 0 Å². The first-order valence-corrected chi connectivity index (χ1v) is 5.13. The summed E-state index contributed by atoms with van der Waals surface area (Å²) in [5, 5.41) is 2.11. The van der Waals surface area contributed by atoms with E-state index >= 15 is 0 Å². The summed E-state index contributed by atoms with van der Waals surface area (Å²) in [5.41, 5.74) is 2.46. The van der Waals surface area contributed by atoms with E-state index in [1.54, 1.807) is 23.1 Å². The van der Waals surface area contributed by atoms with Crippen LogP contribution in [-0.2, 0) is 0 Å². The number of thioether (sulfide) groups is 1. The molecule has 1 aromatic heterocycles. The Labute approximate surface area is 70.0 Å². The maximum Gasteiger partial charge on any atom is 0.0670 e. The molecular weight excluding hydrogens is 160 g/mol. The van der Waals surface area contributed by atoms with Crippen molar-refractivity contribution in [1.82, 2.24) is 0 Å². The quantitative estimate of drug-likeness (QED) is 0.612. The Balaban J connectivity index is 3.01. The smallest absolute Gasteiger partial charge is 0.0670 e. The Kier molecular flexibility index (Phi) is 2.57. The third-order valence-electron chi connectivity index (χ3n) is 1.27. The Bertz CT molecular complexity index is 235. The fraction of sp³-hybridized carbons (Fsp3) is 0.250. The molecule has 0 aliphatic carbocycles. The van der Waals surface area contributed by atoms with Gasteiger partial charge >= 0.3 is 0 Å². The highest BCUT2D eigenvalue weighted by molar-refractivity contribution is 8.00. The monoisotopic (exact) mass is 170 g/mol. The molecule has 0 nitrogen and oxygen atoms in total. The average Bonchev–Trinajstić information content (AvgIpc) is 2.33. The lowest BCUT2D eigenvalue weighted by molar-refractivity contribution is 1.56. The molecule has 10 heavy (non-hydrogen) atoms. The highest BCUT2D eigenvalue weighted by atomic mass is 32.2. The van der Waals surface area contributed by atoms with E-state index in [1.807, 2.05) is 6.92 Å². The molecule has 54 valence electrons. The lowest BCUT2D eigenvalue weighted by atomic mass is 10.2. The second-order valence-corrected chi connectivity index (χ2v) is 4.10. The Morgan fingerprint density at radius 2 is 2.40 bits per heavy atom. The lowest BCUT2D eigenvalue weighted by Crippen LogP contribution is -1.72. The van der Waals surface area contributed by atoms with Crippen LogP contribution >= 0.6 is 23.1 Å². The first-order chi connectivity index (χ1) is 4.75.